The number of rotatable bonds is 7. The van der Waals surface area contributed by atoms with Crippen LogP contribution in [0.5, 0.6) is 0 Å². The summed E-state index contributed by atoms with van der Waals surface area (Å²) in [7, 11) is 2.15. The minimum Gasteiger partial charge on any atom is -0.374 e. The number of hydrogen-bond donors (Lipinski definition) is 1. The van der Waals surface area contributed by atoms with E-state index >= 15 is 0 Å². The van der Waals surface area contributed by atoms with Gasteiger partial charge in [-0.15, -0.1) is 0 Å². The molecule has 3 heteroatoms. The van der Waals surface area contributed by atoms with E-state index in [1.807, 2.05) is 0 Å². The Kier molecular flexibility index (Phi) is 6.51. The molecule has 2 saturated heterocycles. The highest BCUT2D eigenvalue weighted by Crippen LogP contribution is 2.41. The zero-order chi connectivity index (χ0) is 13.6. The summed E-state index contributed by atoms with van der Waals surface area (Å²) in [5.74, 6) is 3.36. The number of unbranched alkanes of at least 4 members (excludes halogenated alkanes) is 3. The van der Waals surface area contributed by atoms with Crippen LogP contribution in [-0.4, -0.2) is 36.8 Å². The number of thioether (sulfide) groups is 1. The third-order valence-electron chi connectivity index (χ3n) is 4.91. The summed E-state index contributed by atoms with van der Waals surface area (Å²) in [6.45, 7) is 3.27. The van der Waals surface area contributed by atoms with Crippen LogP contribution in [0.1, 0.15) is 58.3 Å². The number of hydrogen-bond acceptors (Lipinski definition) is 3. The van der Waals surface area contributed by atoms with Gasteiger partial charge < -0.3 is 10.1 Å². The van der Waals surface area contributed by atoms with Gasteiger partial charge in [-0.1, -0.05) is 32.6 Å². The van der Waals surface area contributed by atoms with Crippen LogP contribution < -0.4 is 5.32 Å². The summed E-state index contributed by atoms with van der Waals surface area (Å²) in [5.41, 5.74) is 0.242. The van der Waals surface area contributed by atoms with Crippen LogP contribution in [0, 0.1) is 5.92 Å². The van der Waals surface area contributed by atoms with Gasteiger partial charge in [0.05, 0.1) is 5.60 Å². The molecule has 0 aromatic rings. The minimum absolute atomic E-state index is 0.242. The second-order valence-electron chi connectivity index (χ2n) is 6.33. The van der Waals surface area contributed by atoms with Crippen molar-refractivity contribution in [1.82, 2.24) is 5.32 Å². The first-order valence-electron chi connectivity index (χ1n) is 8.18. The van der Waals surface area contributed by atoms with E-state index in [1.54, 1.807) is 0 Å². The fourth-order valence-electron chi connectivity index (χ4n) is 3.68. The van der Waals surface area contributed by atoms with Gasteiger partial charge in [-0.3, -0.25) is 0 Å². The highest BCUT2D eigenvalue weighted by Gasteiger charge is 2.42. The average molecular weight is 285 g/mol. The smallest absolute Gasteiger partial charge is 0.0783 e. The van der Waals surface area contributed by atoms with Crippen molar-refractivity contribution in [2.45, 2.75) is 69.9 Å². The molecule has 2 heterocycles. The molecule has 1 spiro atoms. The lowest BCUT2D eigenvalue weighted by Gasteiger charge is -2.41. The standard InChI is InChI=1S/C16H31NOS/c1-3-4-5-6-7-15(17-2)14-8-10-18-16(12-14)9-11-19-13-16/h14-15,17H,3-13H2,1-2H3. The second kappa shape index (κ2) is 7.90. The Morgan fingerprint density at radius 2 is 2.26 bits per heavy atom. The Balaban J connectivity index is 1.80. The molecule has 2 rings (SSSR count). The van der Waals surface area contributed by atoms with E-state index in [9.17, 15) is 0 Å². The average Bonchev–Trinajstić information content (AvgIpc) is 2.87. The molecule has 19 heavy (non-hydrogen) atoms. The summed E-state index contributed by atoms with van der Waals surface area (Å²) in [4.78, 5) is 0. The normalized spacial score (nSPS) is 32.8. The second-order valence-corrected chi connectivity index (χ2v) is 7.44. The van der Waals surface area contributed by atoms with Crippen molar-refractivity contribution in [3.63, 3.8) is 0 Å². The lowest BCUT2D eigenvalue weighted by Crippen LogP contribution is -2.46. The maximum atomic E-state index is 6.15. The monoisotopic (exact) mass is 285 g/mol. The Morgan fingerprint density at radius 1 is 1.37 bits per heavy atom. The Bertz CT molecular complexity index is 253. The van der Waals surface area contributed by atoms with Crippen LogP contribution in [0.2, 0.25) is 0 Å². The van der Waals surface area contributed by atoms with Crippen molar-refractivity contribution < 1.29 is 4.74 Å². The van der Waals surface area contributed by atoms with Crippen molar-refractivity contribution in [2.75, 3.05) is 25.2 Å². The Hall–Kier alpha value is 0.270. The summed E-state index contributed by atoms with van der Waals surface area (Å²) in [5, 5.41) is 3.59. The van der Waals surface area contributed by atoms with Gasteiger partial charge >= 0.3 is 0 Å². The summed E-state index contributed by atoms with van der Waals surface area (Å²) >= 11 is 2.08. The maximum absolute atomic E-state index is 6.15. The van der Waals surface area contributed by atoms with Crippen LogP contribution in [0.15, 0.2) is 0 Å². The molecular weight excluding hydrogens is 254 g/mol. The molecule has 0 aromatic carbocycles. The molecule has 2 fully saturated rings. The third-order valence-corrected chi connectivity index (χ3v) is 6.13. The van der Waals surface area contributed by atoms with Gasteiger partial charge in [0.15, 0.2) is 0 Å². The molecular formula is C16H31NOS. The predicted octanol–water partition coefficient (Wildman–Crippen LogP) is 3.85. The molecule has 0 radical (unpaired) electrons. The molecule has 112 valence electrons. The molecule has 3 atom stereocenters. The molecule has 0 amide bonds. The lowest BCUT2D eigenvalue weighted by atomic mass is 9.80. The zero-order valence-electron chi connectivity index (χ0n) is 12.7. The Labute approximate surface area is 123 Å². The SMILES string of the molecule is CCCCCCC(NC)C1CCOC2(CCSC2)C1. The molecule has 0 saturated carbocycles. The largest absolute Gasteiger partial charge is 0.374 e. The molecule has 2 aliphatic rings. The van der Waals surface area contributed by atoms with E-state index in [0.29, 0.717) is 6.04 Å². The number of nitrogens with one attached hydrogen (secondary N) is 1. The van der Waals surface area contributed by atoms with Gasteiger partial charge in [-0.25, -0.2) is 0 Å². The van der Waals surface area contributed by atoms with E-state index in [0.717, 1.165) is 12.5 Å². The molecule has 1 N–H and O–H groups in total. The summed E-state index contributed by atoms with van der Waals surface area (Å²) in [6, 6.07) is 0.711. The molecule has 2 aliphatic heterocycles. The molecule has 3 unspecified atom stereocenters. The topological polar surface area (TPSA) is 21.3 Å². The Morgan fingerprint density at radius 3 is 2.95 bits per heavy atom. The van der Waals surface area contributed by atoms with Gasteiger partial charge in [-0.2, -0.15) is 11.8 Å². The lowest BCUT2D eigenvalue weighted by molar-refractivity contribution is -0.0852. The van der Waals surface area contributed by atoms with E-state index in [4.69, 9.17) is 4.74 Å². The van der Waals surface area contributed by atoms with E-state index in [2.05, 4.69) is 31.1 Å². The van der Waals surface area contributed by atoms with Crippen molar-refractivity contribution in [2.24, 2.45) is 5.92 Å². The highest BCUT2D eigenvalue weighted by molar-refractivity contribution is 7.99. The van der Waals surface area contributed by atoms with Crippen molar-refractivity contribution in [1.29, 1.82) is 0 Å². The van der Waals surface area contributed by atoms with Crippen LogP contribution >= 0.6 is 11.8 Å². The van der Waals surface area contributed by atoms with Crippen molar-refractivity contribution >= 4 is 11.8 Å². The van der Waals surface area contributed by atoms with Crippen LogP contribution in [0.4, 0.5) is 0 Å². The molecule has 0 aromatic heterocycles. The van der Waals surface area contributed by atoms with Gasteiger partial charge in [-0.05, 0) is 44.4 Å². The zero-order valence-corrected chi connectivity index (χ0v) is 13.6. The first-order valence-corrected chi connectivity index (χ1v) is 9.34. The predicted molar refractivity (Wildman–Crippen MR) is 85.0 cm³/mol. The van der Waals surface area contributed by atoms with E-state index < -0.39 is 0 Å². The highest BCUT2D eigenvalue weighted by atomic mass is 32.2. The van der Waals surface area contributed by atoms with Crippen LogP contribution in [0.25, 0.3) is 0 Å². The van der Waals surface area contributed by atoms with E-state index in [1.165, 1.54) is 62.9 Å². The van der Waals surface area contributed by atoms with Crippen LogP contribution in [-0.2, 0) is 4.74 Å². The van der Waals surface area contributed by atoms with Gasteiger partial charge in [0.2, 0.25) is 0 Å². The minimum atomic E-state index is 0.242. The molecule has 0 bridgehead atoms. The first kappa shape index (κ1) is 15.7. The van der Waals surface area contributed by atoms with Crippen molar-refractivity contribution in [3.8, 4) is 0 Å². The van der Waals surface area contributed by atoms with E-state index in [-0.39, 0.29) is 5.60 Å². The molecule has 0 aliphatic carbocycles. The summed E-state index contributed by atoms with van der Waals surface area (Å²) in [6.07, 6.45) is 10.7. The third kappa shape index (κ3) is 4.37. The van der Waals surface area contributed by atoms with Crippen LogP contribution in [0.3, 0.4) is 0 Å². The van der Waals surface area contributed by atoms with Gasteiger partial charge in [0.1, 0.15) is 0 Å². The van der Waals surface area contributed by atoms with Crippen molar-refractivity contribution in [3.05, 3.63) is 0 Å². The van der Waals surface area contributed by atoms with Gasteiger partial charge in [0.25, 0.3) is 0 Å². The van der Waals surface area contributed by atoms with Gasteiger partial charge in [0, 0.05) is 18.4 Å². The summed E-state index contributed by atoms with van der Waals surface area (Å²) < 4.78 is 6.15. The number of ether oxygens (including phenoxy) is 1. The fraction of sp³-hybridized carbons (Fsp3) is 1.00. The maximum Gasteiger partial charge on any atom is 0.0783 e. The fourth-order valence-corrected chi connectivity index (χ4v) is 5.06. The molecule has 2 nitrogen and oxygen atoms in total. The quantitative estimate of drug-likeness (QED) is 0.718. The first-order chi connectivity index (χ1) is 9.29.